The minimum absolute atomic E-state index is 0.0229. The van der Waals surface area contributed by atoms with E-state index in [1.54, 1.807) is 11.1 Å². The largest absolute Gasteiger partial charge is 0.440 e. The van der Waals surface area contributed by atoms with Gasteiger partial charge in [-0.3, -0.25) is 9.18 Å². The van der Waals surface area contributed by atoms with E-state index < -0.39 is 6.67 Å². The van der Waals surface area contributed by atoms with Crippen molar-refractivity contribution in [2.24, 2.45) is 0 Å². The van der Waals surface area contributed by atoms with Crippen LogP contribution in [0.4, 0.5) is 10.1 Å². The molecule has 0 bridgehead atoms. The van der Waals surface area contributed by atoms with Crippen molar-refractivity contribution in [3.63, 3.8) is 0 Å². The van der Waals surface area contributed by atoms with E-state index in [1.165, 1.54) is 0 Å². The molecule has 0 N–H and O–H groups in total. The van der Waals surface area contributed by atoms with Crippen LogP contribution < -0.4 is 4.90 Å². The molecule has 2 aliphatic carbocycles. The molecule has 0 spiro atoms. The first-order valence-electron chi connectivity index (χ1n) is 13.0. The average Bonchev–Trinajstić information content (AvgIpc) is 3.82. The first-order chi connectivity index (χ1) is 17.5. The third-order valence-corrected chi connectivity index (χ3v) is 6.91. The fraction of sp³-hybridized carbons (Fsp3) is 0.500. The molecule has 5 rings (SSSR count). The van der Waals surface area contributed by atoms with Crippen molar-refractivity contribution in [3.05, 3.63) is 60.2 Å². The van der Waals surface area contributed by atoms with Gasteiger partial charge < -0.3 is 13.8 Å². The Bertz CT molecular complexity index is 1210. The lowest BCUT2D eigenvalue weighted by molar-refractivity contribution is -0.115. The van der Waals surface area contributed by atoms with E-state index in [-0.39, 0.29) is 23.9 Å². The van der Waals surface area contributed by atoms with Gasteiger partial charge in [-0.2, -0.15) is 4.98 Å². The predicted octanol–water partition coefficient (Wildman–Crippen LogP) is 6.53. The van der Waals surface area contributed by atoms with Crippen LogP contribution in [-0.4, -0.2) is 33.7 Å². The summed E-state index contributed by atoms with van der Waals surface area (Å²) in [5.74, 6) is 3.63. The van der Waals surface area contributed by atoms with E-state index in [0.717, 1.165) is 74.3 Å². The Labute approximate surface area is 210 Å². The van der Waals surface area contributed by atoms with Gasteiger partial charge in [-0.1, -0.05) is 30.3 Å². The van der Waals surface area contributed by atoms with Crippen molar-refractivity contribution in [1.82, 2.24) is 15.1 Å². The molecule has 8 heteroatoms. The molecule has 1 amide bonds. The summed E-state index contributed by atoms with van der Waals surface area (Å²) < 4.78 is 24.4. The van der Waals surface area contributed by atoms with Crippen molar-refractivity contribution in [2.75, 3.05) is 11.6 Å². The minimum atomic E-state index is -0.609. The van der Waals surface area contributed by atoms with E-state index in [9.17, 15) is 9.18 Å². The van der Waals surface area contributed by atoms with Crippen LogP contribution in [0.3, 0.4) is 0 Å². The number of carbonyl (C=O) groups is 1. The third-order valence-electron chi connectivity index (χ3n) is 6.91. The predicted molar refractivity (Wildman–Crippen MR) is 134 cm³/mol. The molecule has 190 valence electrons. The number of unbranched alkanes of at least 4 members (excludes halogenated alkanes) is 1. The number of hydrogen-bond donors (Lipinski definition) is 0. The Hall–Kier alpha value is -3.29. The number of carbonyl (C=O) groups excluding carboxylic acids is 1. The zero-order valence-electron chi connectivity index (χ0n) is 20.8. The van der Waals surface area contributed by atoms with E-state index >= 15 is 0 Å². The van der Waals surface area contributed by atoms with Crippen LogP contribution in [0, 0.1) is 0 Å². The highest BCUT2D eigenvalue weighted by Gasteiger charge is 2.30. The molecule has 36 heavy (non-hydrogen) atoms. The molecule has 0 aliphatic heterocycles. The number of benzene rings is 1. The van der Waals surface area contributed by atoms with Crippen LogP contribution >= 0.6 is 0 Å². The summed E-state index contributed by atoms with van der Waals surface area (Å²) >= 11 is 0. The molecule has 2 aromatic heterocycles. The number of anilines is 1. The Morgan fingerprint density at radius 3 is 2.78 bits per heavy atom. The van der Waals surface area contributed by atoms with Crippen LogP contribution in [0.25, 0.3) is 11.3 Å². The SMILES string of the molecule is C=C(CCF)C(=O)N(c1cccc(-c2cnc(C3CC3)o2)c1)C(C)CCCCc1nc(C2CC2)no1. The minimum Gasteiger partial charge on any atom is -0.440 e. The fourth-order valence-electron chi connectivity index (χ4n) is 4.43. The maximum Gasteiger partial charge on any atom is 0.253 e. The maximum atomic E-state index is 13.3. The number of aryl methyl sites for hydroxylation is 1. The summed E-state index contributed by atoms with van der Waals surface area (Å²) in [4.78, 5) is 24.0. The number of aromatic nitrogens is 3. The number of amides is 1. The molecule has 3 aromatic rings. The number of hydrogen-bond acceptors (Lipinski definition) is 6. The topological polar surface area (TPSA) is 85.3 Å². The summed E-state index contributed by atoms with van der Waals surface area (Å²) in [6, 6.07) is 7.58. The number of rotatable bonds is 13. The standard InChI is InChI=1S/C28H33FN4O3/c1-18(14-15-29)28(34)33(19(2)6-3-4-9-25-31-26(32-36-25)20-10-11-20)23-8-5-7-22(16-23)24-17-30-27(35-24)21-12-13-21/h5,7-8,16-17,19-21H,1,3-4,6,9-15H2,2H3. The smallest absolute Gasteiger partial charge is 0.253 e. The van der Waals surface area contributed by atoms with Crippen LogP contribution in [0.1, 0.15) is 87.7 Å². The van der Waals surface area contributed by atoms with E-state index in [4.69, 9.17) is 8.94 Å². The van der Waals surface area contributed by atoms with Gasteiger partial charge in [0, 0.05) is 47.5 Å². The van der Waals surface area contributed by atoms with Gasteiger partial charge in [0.05, 0.1) is 12.9 Å². The molecular formula is C28H33FN4O3. The normalized spacial score (nSPS) is 16.2. The summed E-state index contributed by atoms with van der Waals surface area (Å²) in [7, 11) is 0. The molecular weight excluding hydrogens is 459 g/mol. The lowest BCUT2D eigenvalue weighted by Crippen LogP contribution is -2.39. The number of oxazole rings is 1. The van der Waals surface area contributed by atoms with Gasteiger partial charge in [0.2, 0.25) is 5.89 Å². The fourth-order valence-corrected chi connectivity index (χ4v) is 4.43. The molecule has 2 aliphatic rings. The van der Waals surface area contributed by atoms with Gasteiger partial charge in [-0.15, -0.1) is 0 Å². The van der Waals surface area contributed by atoms with Crippen molar-refractivity contribution >= 4 is 11.6 Å². The van der Waals surface area contributed by atoms with E-state index in [2.05, 4.69) is 21.7 Å². The maximum absolute atomic E-state index is 13.3. The van der Waals surface area contributed by atoms with Gasteiger partial charge in [0.25, 0.3) is 5.91 Å². The van der Waals surface area contributed by atoms with E-state index in [0.29, 0.717) is 23.5 Å². The van der Waals surface area contributed by atoms with Crippen LogP contribution in [-0.2, 0) is 11.2 Å². The van der Waals surface area contributed by atoms with Gasteiger partial charge in [0.1, 0.15) is 0 Å². The average molecular weight is 493 g/mol. The molecule has 2 fully saturated rings. The highest BCUT2D eigenvalue weighted by Crippen LogP contribution is 2.41. The monoisotopic (exact) mass is 492 g/mol. The van der Waals surface area contributed by atoms with Crippen molar-refractivity contribution in [1.29, 1.82) is 0 Å². The molecule has 7 nitrogen and oxygen atoms in total. The Kier molecular flexibility index (Phi) is 7.30. The van der Waals surface area contributed by atoms with Crippen LogP contribution in [0.5, 0.6) is 0 Å². The lowest BCUT2D eigenvalue weighted by atomic mass is 10.0. The molecule has 2 saturated carbocycles. The molecule has 1 unspecified atom stereocenters. The quantitative estimate of drug-likeness (QED) is 0.199. The first kappa shape index (κ1) is 24.4. The summed E-state index contributed by atoms with van der Waals surface area (Å²) in [6.45, 7) is 5.26. The summed E-state index contributed by atoms with van der Waals surface area (Å²) in [5.41, 5.74) is 1.86. The van der Waals surface area contributed by atoms with Gasteiger partial charge in [-0.25, -0.2) is 4.98 Å². The highest BCUT2D eigenvalue weighted by molar-refractivity contribution is 6.05. The van der Waals surface area contributed by atoms with Gasteiger partial charge in [0.15, 0.2) is 17.5 Å². The zero-order valence-corrected chi connectivity index (χ0v) is 20.8. The number of nitrogens with zero attached hydrogens (tertiary/aromatic N) is 4. The van der Waals surface area contributed by atoms with Crippen molar-refractivity contribution in [2.45, 2.75) is 82.6 Å². The second-order valence-corrected chi connectivity index (χ2v) is 10.0. The molecule has 0 saturated heterocycles. The van der Waals surface area contributed by atoms with Gasteiger partial charge in [-0.05, 0) is 57.6 Å². The summed E-state index contributed by atoms with van der Waals surface area (Å²) in [5, 5.41) is 4.08. The van der Waals surface area contributed by atoms with Crippen molar-refractivity contribution in [3.8, 4) is 11.3 Å². The second-order valence-electron chi connectivity index (χ2n) is 10.0. The molecule has 2 heterocycles. The molecule has 1 aromatic carbocycles. The Balaban J connectivity index is 1.27. The van der Waals surface area contributed by atoms with E-state index in [1.807, 2.05) is 31.2 Å². The first-order valence-corrected chi connectivity index (χ1v) is 13.0. The van der Waals surface area contributed by atoms with Crippen LogP contribution in [0.15, 0.2) is 51.6 Å². The summed E-state index contributed by atoms with van der Waals surface area (Å²) in [6.07, 6.45) is 9.55. The zero-order chi connectivity index (χ0) is 25.1. The Morgan fingerprint density at radius 2 is 2.03 bits per heavy atom. The molecule has 0 radical (unpaired) electrons. The highest BCUT2D eigenvalue weighted by atomic mass is 19.1. The number of halogens is 1. The lowest BCUT2D eigenvalue weighted by Gasteiger charge is -2.30. The number of alkyl halides is 1. The van der Waals surface area contributed by atoms with Gasteiger partial charge >= 0.3 is 0 Å². The van der Waals surface area contributed by atoms with Crippen molar-refractivity contribution < 1.29 is 18.1 Å². The third kappa shape index (κ3) is 5.74. The molecule has 1 atom stereocenters. The Morgan fingerprint density at radius 1 is 1.22 bits per heavy atom. The second kappa shape index (κ2) is 10.8. The van der Waals surface area contributed by atoms with Crippen LogP contribution in [0.2, 0.25) is 0 Å².